The van der Waals surface area contributed by atoms with Crippen LogP contribution in [0.1, 0.15) is 27.4 Å². The first kappa shape index (κ1) is 17.9. The fraction of sp³-hybridized carbons (Fsp3) is 0.238. The number of hydrogen-bond donors (Lipinski definition) is 1. The lowest BCUT2D eigenvalue weighted by atomic mass is 10.1. The summed E-state index contributed by atoms with van der Waals surface area (Å²) in [5, 5.41) is 16.3. The zero-order chi connectivity index (χ0) is 19.5. The summed E-state index contributed by atoms with van der Waals surface area (Å²) in [4.78, 5) is 12.8. The van der Waals surface area contributed by atoms with E-state index < -0.39 is 0 Å². The van der Waals surface area contributed by atoms with Crippen LogP contribution in [0.3, 0.4) is 0 Å². The summed E-state index contributed by atoms with van der Waals surface area (Å²) in [7, 11) is 1.89. The maximum Gasteiger partial charge on any atom is 0.272 e. The number of benzene rings is 2. The molecule has 0 spiro atoms. The Morgan fingerprint density at radius 2 is 1.89 bits per heavy atom. The third-order valence-corrected chi connectivity index (χ3v) is 4.77. The van der Waals surface area contributed by atoms with Crippen molar-refractivity contribution in [1.82, 2.24) is 29.9 Å². The lowest BCUT2D eigenvalue weighted by Gasteiger charge is -2.04. The third kappa shape index (κ3) is 3.64. The van der Waals surface area contributed by atoms with Crippen LogP contribution in [0, 0.1) is 6.92 Å². The van der Waals surface area contributed by atoms with Gasteiger partial charge >= 0.3 is 0 Å². The van der Waals surface area contributed by atoms with Crippen LogP contribution in [0.4, 0.5) is 0 Å². The number of carbonyl (C=O) groups is 1. The van der Waals surface area contributed by atoms with Gasteiger partial charge in [-0.1, -0.05) is 48.0 Å². The average Bonchev–Trinajstić information content (AvgIpc) is 3.28. The van der Waals surface area contributed by atoms with Gasteiger partial charge in [0.15, 0.2) is 5.69 Å². The highest BCUT2D eigenvalue weighted by molar-refractivity contribution is 6.04. The van der Waals surface area contributed by atoms with Crippen molar-refractivity contribution in [2.75, 3.05) is 6.54 Å². The summed E-state index contributed by atoms with van der Waals surface area (Å²) < 4.78 is 3.73. The number of nitrogens with zero attached hydrogens (tertiary/aromatic N) is 5. The predicted molar refractivity (Wildman–Crippen MR) is 107 cm³/mol. The number of aryl methyl sites for hydroxylation is 2. The standard InChI is InChI=1S/C21H22N6O/c1-15-7-9-16(10-8-15)13-27-18-6-4-3-5-17(18)20(25-27)21(28)22-12-11-19-24-23-14-26(19)2/h3-10,14H,11-13H2,1-2H3,(H,22,28). The fourth-order valence-electron chi connectivity index (χ4n) is 3.19. The van der Waals surface area contributed by atoms with Gasteiger partial charge in [0, 0.05) is 25.4 Å². The maximum atomic E-state index is 12.8. The number of rotatable bonds is 6. The summed E-state index contributed by atoms with van der Waals surface area (Å²) in [6.45, 7) is 3.16. The second-order valence-electron chi connectivity index (χ2n) is 6.87. The Hall–Kier alpha value is -3.48. The molecule has 28 heavy (non-hydrogen) atoms. The van der Waals surface area contributed by atoms with Gasteiger partial charge in [0.25, 0.3) is 5.91 Å². The van der Waals surface area contributed by atoms with E-state index in [0.717, 1.165) is 22.3 Å². The fourth-order valence-corrected chi connectivity index (χ4v) is 3.19. The maximum absolute atomic E-state index is 12.8. The molecule has 0 atom stereocenters. The largest absolute Gasteiger partial charge is 0.350 e. The van der Waals surface area contributed by atoms with Crippen molar-refractivity contribution in [3.05, 3.63) is 77.5 Å². The molecule has 0 radical (unpaired) electrons. The minimum absolute atomic E-state index is 0.180. The Labute approximate surface area is 163 Å². The van der Waals surface area contributed by atoms with Crippen molar-refractivity contribution >= 4 is 16.8 Å². The van der Waals surface area contributed by atoms with Crippen molar-refractivity contribution < 1.29 is 4.79 Å². The van der Waals surface area contributed by atoms with Crippen LogP contribution in [-0.4, -0.2) is 37.0 Å². The van der Waals surface area contributed by atoms with Gasteiger partial charge in [0.2, 0.25) is 0 Å². The Bertz CT molecular complexity index is 1110. The molecule has 7 nitrogen and oxygen atoms in total. The molecule has 142 valence electrons. The molecule has 1 amide bonds. The van der Waals surface area contributed by atoms with Crippen molar-refractivity contribution in [3.8, 4) is 0 Å². The Morgan fingerprint density at radius 3 is 2.64 bits per heavy atom. The molecule has 0 saturated heterocycles. The van der Waals surface area contributed by atoms with Crippen molar-refractivity contribution in [2.45, 2.75) is 19.9 Å². The molecule has 0 aliphatic carbocycles. The minimum Gasteiger partial charge on any atom is -0.350 e. The smallest absolute Gasteiger partial charge is 0.272 e. The summed E-state index contributed by atoms with van der Waals surface area (Å²) in [5.74, 6) is 0.649. The highest BCUT2D eigenvalue weighted by Gasteiger charge is 2.17. The number of nitrogens with one attached hydrogen (secondary N) is 1. The molecule has 4 aromatic rings. The van der Waals surface area contributed by atoms with E-state index in [1.165, 1.54) is 5.56 Å². The Kier molecular flexibility index (Phi) is 4.89. The van der Waals surface area contributed by atoms with Crippen molar-refractivity contribution in [2.24, 2.45) is 7.05 Å². The number of para-hydroxylation sites is 1. The average molecular weight is 374 g/mol. The molecule has 0 aliphatic heterocycles. The van der Waals surface area contributed by atoms with Gasteiger partial charge in [-0.3, -0.25) is 9.48 Å². The molecule has 2 heterocycles. The van der Waals surface area contributed by atoms with E-state index in [0.29, 0.717) is 25.2 Å². The molecule has 1 N–H and O–H groups in total. The van der Waals surface area contributed by atoms with E-state index in [1.54, 1.807) is 6.33 Å². The number of carbonyl (C=O) groups excluding carboxylic acids is 1. The number of amides is 1. The van der Waals surface area contributed by atoms with Gasteiger partial charge in [-0.05, 0) is 18.6 Å². The van der Waals surface area contributed by atoms with Crippen LogP contribution in [0.15, 0.2) is 54.9 Å². The quantitative estimate of drug-likeness (QED) is 0.562. The Morgan fingerprint density at radius 1 is 1.11 bits per heavy atom. The monoisotopic (exact) mass is 374 g/mol. The highest BCUT2D eigenvalue weighted by Crippen LogP contribution is 2.20. The second kappa shape index (κ2) is 7.64. The van der Waals surface area contributed by atoms with Gasteiger partial charge in [0.1, 0.15) is 12.2 Å². The molecule has 4 rings (SSSR count). The van der Waals surface area contributed by atoms with Crippen LogP contribution >= 0.6 is 0 Å². The van der Waals surface area contributed by atoms with Gasteiger partial charge in [-0.2, -0.15) is 5.10 Å². The van der Waals surface area contributed by atoms with E-state index in [4.69, 9.17) is 0 Å². The third-order valence-electron chi connectivity index (χ3n) is 4.77. The second-order valence-corrected chi connectivity index (χ2v) is 6.87. The van der Waals surface area contributed by atoms with Crippen molar-refractivity contribution in [3.63, 3.8) is 0 Å². The van der Waals surface area contributed by atoms with E-state index >= 15 is 0 Å². The lowest BCUT2D eigenvalue weighted by molar-refractivity contribution is 0.0949. The lowest BCUT2D eigenvalue weighted by Crippen LogP contribution is -2.27. The van der Waals surface area contributed by atoms with E-state index in [-0.39, 0.29) is 5.91 Å². The number of hydrogen-bond acceptors (Lipinski definition) is 4. The van der Waals surface area contributed by atoms with Crippen LogP contribution in [-0.2, 0) is 20.0 Å². The molecule has 2 aromatic heterocycles. The van der Waals surface area contributed by atoms with Crippen LogP contribution in [0.25, 0.3) is 10.9 Å². The first-order chi connectivity index (χ1) is 13.6. The topological polar surface area (TPSA) is 77.6 Å². The van der Waals surface area contributed by atoms with Crippen LogP contribution in [0.2, 0.25) is 0 Å². The van der Waals surface area contributed by atoms with Gasteiger partial charge in [-0.25, -0.2) is 0 Å². The summed E-state index contributed by atoms with van der Waals surface area (Å²) in [6, 6.07) is 16.2. The molecule has 0 aliphatic rings. The molecule has 2 aromatic carbocycles. The first-order valence-electron chi connectivity index (χ1n) is 9.24. The van der Waals surface area contributed by atoms with Gasteiger partial charge in [-0.15, -0.1) is 10.2 Å². The highest BCUT2D eigenvalue weighted by atomic mass is 16.1. The molecular weight excluding hydrogens is 352 g/mol. The Balaban J connectivity index is 1.54. The zero-order valence-electron chi connectivity index (χ0n) is 16.0. The summed E-state index contributed by atoms with van der Waals surface area (Å²) in [6.07, 6.45) is 2.27. The molecular formula is C21H22N6O. The van der Waals surface area contributed by atoms with E-state index in [1.807, 2.05) is 40.6 Å². The van der Waals surface area contributed by atoms with Crippen molar-refractivity contribution in [1.29, 1.82) is 0 Å². The van der Waals surface area contributed by atoms with E-state index in [9.17, 15) is 4.79 Å². The normalized spacial score (nSPS) is 11.1. The summed E-state index contributed by atoms with van der Waals surface area (Å²) in [5.41, 5.74) is 3.76. The molecule has 0 unspecified atom stereocenters. The summed E-state index contributed by atoms with van der Waals surface area (Å²) >= 11 is 0. The minimum atomic E-state index is -0.180. The van der Waals surface area contributed by atoms with E-state index in [2.05, 4.69) is 51.8 Å². The zero-order valence-corrected chi connectivity index (χ0v) is 16.0. The molecule has 0 fully saturated rings. The van der Waals surface area contributed by atoms with Crippen LogP contribution < -0.4 is 5.32 Å². The number of fused-ring (bicyclic) bond motifs is 1. The first-order valence-corrected chi connectivity index (χ1v) is 9.24. The molecule has 7 heteroatoms. The van der Waals surface area contributed by atoms with Crippen LogP contribution in [0.5, 0.6) is 0 Å². The molecule has 0 saturated carbocycles. The van der Waals surface area contributed by atoms with Gasteiger partial charge < -0.3 is 9.88 Å². The van der Waals surface area contributed by atoms with Gasteiger partial charge in [0.05, 0.1) is 12.1 Å². The SMILES string of the molecule is Cc1ccc(Cn2nc(C(=O)NCCc3nncn3C)c3ccccc32)cc1. The molecule has 0 bridgehead atoms. The number of aromatic nitrogens is 5. The predicted octanol–water partition coefficient (Wildman–Crippen LogP) is 2.49.